The van der Waals surface area contributed by atoms with Crippen LogP contribution in [0.4, 0.5) is 5.69 Å². The molecule has 240 valence electrons. The number of anilines is 1. The summed E-state index contributed by atoms with van der Waals surface area (Å²) >= 11 is 12.4. The van der Waals surface area contributed by atoms with E-state index in [-0.39, 0.29) is 17.1 Å². The number of hydrogen-bond acceptors (Lipinski definition) is 6. The maximum absolute atomic E-state index is 13.7. The molecule has 2 aliphatic rings. The average Bonchev–Trinajstić information content (AvgIpc) is 3.04. The number of carbonyl (C=O) groups is 1. The van der Waals surface area contributed by atoms with Gasteiger partial charge in [-0.1, -0.05) is 61.3 Å². The highest BCUT2D eigenvalue weighted by Crippen LogP contribution is 2.52. The first-order chi connectivity index (χ1) is 22.8. The number of fused-ring (bicyclic) bond motifs is 4. The molecule has 2 heterocycles. The zero-order valence-electron chi connectivity index (χ0n) is 26.5. The molecule has 1 aliphatic carbocycles. The van der Waals surface area contributed by atoms with Crippen LogP contribution in [0.1, 0.15) is 50.2 Å². The van der Waals surface area contributed by atoms with Crippen molar-refractivity contribution >= 4 is 56.3 Å². The van der Waals surface area contributed by atoms with E-state index < -0.39 is 0 Å². The molecule has 8 heteroatoms. The molecule has 0 amide bonds. The maximum Gasteiger partial charge on any atom is 0.163 e. The molecule has 47 heavy (non-hydrogen) atoms. The highest BCUT2D eigenvalue weighted by molar-refractivity contribution is 6.31. The highest BCUT2D eigenvalue weighted by atomic mass is 35.5. The van der Waals surface area contributed by atoms with Crippen LogP contribution in [0.5, 0.6) is 11.5 Å². The van der Waals surface area contributed by atoms with Crippen LogP contribution in [0.25, 0.3) is 21.7 Å². The number of hydrogen-bond donors (Lipinski definition) is 2. The van der Waals surface area contributed by atoms with Gasteiger partial charge in [0.2, 0.25) is 0 Å². The van der Waals surface area contributed by atoms with E-state index in [9.17, 15) is 4.79 Å². The zero-order chi connectivity index (χ0) is 32.5. The average molecular weight is 667 g/mol. The number of halogens is 2. The van der Waals surface area contributed by atoms with Gasteiger partial charge >= 0.3 is 0 Å². The number of carbonyl (C=O) groups excluding carboxylic acids is 1. The van der Waals surface area contributed by atoms with E-state index in [1.807, 2.05) is 60.7 Å². The van der Waals surface area contributed by atoms with Crippen molar-refractivity contribution in [3.63, 3.8) is 0 Å². The first-order valence-electron chi connectivity index (χ1n) is 16.1. The molecule has 4 aromatic carbocycles. The number of rotatable bonds is 10. The molecule has 0 bridgehead atoms. The third-order valence-corrected chi connectivity index (χ3v) is 9.46. The van der Waals surface area contributed by atoms with Crippen LogP contribution in [0.3, 0.4) is 0 Å². The van der Waals surface area contributed by atoms with Crippen molar-refractivity contribution in [2.45, 2.75) is 39.0 Å². The van der Waals surface area contributed by atoms with Crippen molar-refractivity contribution in [3.05, 3.63) is 118 Å². The molecular formula is C39H37Cl2N3O3. The van der Waals surface area contributed by atoms with Gasteiger partial charge in [-0.2, -0.15) is 0 Å². The third-order valence-electron chi connectivity index (χ3n) is 8.98. The molecule has 0 saturated carbocycles. The van der Waals surface area contributed by atoms with Crippen molar-refractivity contribution in [2.75, 3.05) is 31.6 Å². The Kier molecular flexibility index (Phi) is 8.84. The smallest absolute Gasteiger partial charge is 0.163 e. The fourth-order valence-electron chi connectivity index (χ4n) is 6.81. The Bertz CT molecular complexity index is 2010. The highest BCUT2D eigenvalue weighted by Gasteiger charge is 2.42. The summed E-state index contributed by atoms with van der Waals surface area (Å²) in [5, 5.41) is 11.5. The van der Waals surface area contributed by atoms with E-state index in [4.69, 9.17) is 32.7 Å². The van der Waals surface area contributed by atoms with E-state index in [0.29, 0.717) is 23.1 Å². The van der Waals surface area contributed by atoms with Crippen LogP contribution in [-0.4, -0.2) is 37.0 Å². The van der Waals surface area contributed by atoms with Crippen molar-refractivity contribution in [3.8, 4) is 11.5 Å². The number of nitrogens with one attached hydrogen (secondary N) is 2. The van der Waals surface area contributed by atoms with E-state index in [1.165, 1.54) is 0 Å². The minimum absolute atomic E-state index is 0.146. The molecule has 1 atom stereocenters. The first-order valence-corrected chi connectivity index (χ1v) is 16.9. The van der Waals surface area contributed by atoms with Crippen LogP contribution in [0, 0.1) is 5.41 Å². The van der Waals surface area contributed by atoms with Crippen LogP contribution < -0.4 is 20.1 Å². The van der Waals surface area contributed by atoms with Crippen molar-refractivity contribution in [1.29, 1.82) is 0 Å². The summed E-state index contributed by atoms with van der Waals surface area (Å²) in [5.41, 5.74) is 4.57. The van der Waals surface area contributed by atoms with E-state index in [0.717, 1.165) is 93.8 Å². The molecule has 1 unspecified atom stereocenters. The van der Waals surface area contributed by atoms with Gasteiger partial charge in [0.15, 0.2) is 5.78 Å². The lowest BCUT2D eigenvalue weighted by molar-refractivity contribution is -0.118. The minimum Gasteiger partial charge on any atom is -0.494 e. The van der Waals surface area contributed by atoms with Crippen LogP contribution >= 0.6 is 23.2 Å². The summed E-state index contributed by atoms with van der Waals surface area (Å²) in [5.74, 6) is 2.28. The van der Waals surface area contributed by atoms with Gasteiger partial charge in [0.05, 0.1) is 12.1 Å². The molecule has 0 spiro atoms. The van der Waals surface area contributed by atoms with E-state index >= 15 is 0 Å². The second-order valence-electron chi connectivity index (χ2n) is 13.1. The Hall–Kier alpha value is -4.10. The summed E-state index contributed by atoms with van der Waals surface area (Å²) in [4.78, 5) is 18.1. The van der Waals surface area contributed by atoms with Gasteiger partial charge in [0, 0.05) is 70.3 Å². The number of pyridine rings is 1. The van der Waals surface area contributed by atoms with Gasteiger partial charge in [0.25, 0.3) is 0 Å². The molecule has 2 N–H and O–H groups in total. The minimum atomic E-state index is -0.241. The van der Waals surface area contributed by atoms with Crippen molar-refractivity contribution in [2.24, 2.45) is 5.41 Å². The van der Waals surface area contributed by atoms with Gasteiger partial charge in [-0.15, -0.1) is 0 Å². The summed E-state index contributed by atoms with van der Waals surface area (Å²) < 4.78 is 12.8. The topological polar surface area (TPSA) is 72.5 Å². The predicted octanol–water partition coefficient (Wildman–Crippen LogP) is 9.33. The molecule has 6 nitrogen and oxygen atoms in total. The SMILES string of the molecule is CC1(C)CC(=O)C2=C(C1)Oc1ccc3ccc(OCCCNCCNc4ccnc5cc(Cl)ccc45)cc3c1C2c1ccc(Cl)cc1. The number of aromatic nitrogens is 1. The van der Waals surface area contributed by atoms with E-state index in [2.05, 4.69) is 47.7 Å². The summed E-state index contributed by atoms with van der Waals surface area (Å²) in [6.07, 6.45) is 3.87. The Morgan fingerprint density at radius 2 is 1.70 bits per heavy atom. The summed E-state index contributed by atoms with van der Waals surface area (Å²) in [7, 11) is 0. The van der Waals surface area contributed by atoms with Crippen LogP contribution in [-0.2, 0) is 4.79 Å². The molecule has 1 aromatic heterocycles. The Morgan fingerprint density at radius 3 is 2.55 bits per heavy atom. The molecule has 0 fully saturated rings. The molecular weight excluding hydrogens is 629 g/mol. The number of benzene rings is 4. The Balaban J connectivity index is 1.02. The van der Waals surface area contributed by atoms with E-state index in [1.54, 1.807) is 6.20 Å². The van der Waals surface area contributed by atoms with Gasteiger partial charge in [-0.25, -0.2) is 0 Å². The zero-order valence-corrected chi connectivity index (χ0v) is 28.0. The maximum atomic E-state index is 13.7. The molecule has 7 rings (SSSR count). The lowest BCUT2D eigenvalue weighted by Gasteiger charge is -2.38. The number of nitrogens with zero attached hydrogens (tertiary/aromatic N) is 1. The second-order valence-corrected chi connectivity index (χ2v) is 14.0. The molecule has 0 radical (unpaired) electrons. The predicted molar refractivity (Wildman–Crippen MR) is 191 cm³/mol. The number of ether oxygens (including phenoxy) is 2. The van der Waals surface area contributed by atoms with Crippen LogP contribution in [0.2, 0.25) is 10.0 Å². The van der Waals surface area contributed by atoms with Crippen molar-refractivity contribution in [1.82, 2.24) is 10.3 Å². The second kappa shape index (κ2) is 13.2. The first kappa shape index (κ1) is 31.5. The van der Waals surface area contributed by atoms with Gasteiger partial charge in [-0.05, 0) is 89.3 Å². The van der Waals surface area contributed by atoms with Gasteiger partial charge in [0.1, 0.15) is 17.3 Å². The summed E-state index contributed by atoms with van der Waals surface area (Å²) in [6, 6.07) is 25.9. The molecule has 5 aromatic rings. The Morgan fingerprint density at radius 1 is 0.894 bits per heavy atom. The fourth-order valence-corrected chi connectivity index (χ4v) is 7.10. The van der Waals surface area contributed by atoms with Crippen LogP contribution in [0.15, 0.2) is 96.4 Å². The lowest BCUT2D eigenvalue weighted by atomic mass is 9.69. The van der Waals surface area contributed by atoms with Gasteiger partial charge in [-0.3, -0.25) is 9.78 Å². The summed E-state index contributed by atoms with van der Waals surface area (Å²) in [6.45, 7) is 7.27. The fraction of sp³-hybridized carbons (Fsp3) is 0.282. The van der Waals surface area contributed by atoms with Crippen molar-refractivity contribution < 1.29 is 14.3 Å². The number of ketones is 1. The molecule has 1 aliphatic heterocycles. The third kappa shape index (κ3) is 6.68. The number of allylic oxidation sites excluding steroid dienone is 2. The van der Waals surface area contributed by atoms with Gasteiger partial charge < -0.3 is 20.1 Å². The lowest BCUT2D eigenvalue weighted by Crippen LogP contribution is -2.33. The Labute approximate surface area is 285 Å². The largest absolute Gasteiger partial charge is 0.494 e. The number of Topliss-reactive ketones (excluding diaryl/α,β-unsaturated/α-hetero) is 1. The quantitative estimate of drug-likeness (QED) is 0.145. The molecule has 0 saturated heterocycles. The normalized spacial score (nSPS) is 16.9. The standard InChI is InChI=1S/C39H37Cl2N3O3/c1-39(2)22-33(45)38-35(23-39)47-34-13-7-24-6-11-28(21-30(24)37(34)36(38)25-4-8-26(40)9-5-25)46-19-3-15-42-17-18-44-31-14-16-43-32-20-27(41)10-12-29(31)32/h4-14,16,20-21,36,42H,3,15,17-19,22-23H2,1-2H3,(H,43,44). The monoisotopic (exact) mass is 665 g/mol.